The number of aromatic nitrogens is 1. The molecule has 0 aliphatic carbocycles. The first kappa shape index (κ1) is 11.9. The van der Waals surface area contributed by atoms with Crippen molar-refractivity contribution in [2.75, 3.05) is 0 Å². The summed E-state index contributed by atoms with van der Waals surface area (Å²) < 4.78 is 13.7. The van der Waals surface area contributed by atoms with Crippen molar-refractivity contribution in [3.8, 4) is 0 Å². The van der Waals surface area contributed by atoms with E-state index in [4.69, 9.17) is 0 Å². The van der Waals surface area contributed by atoms with Crippen LogP contribution in [-0.2, 0) is 0 Å². The van der Waals surface area contributed by atoms with Crippen LogP contribution in [0.1, 0.15) is 21.5 Å². The van der Waals surface area contributed by atoms with E-state index >= 15 is 0 Å². The van der Waals surface area contributed by atoms with Gasteiger partial charge in [-0.2, -0.15) is 0 Å². The van der Waals surface area contributed by atoms with E-state index in [0.717, 1.165) is 5.56 Å². The van der Waals surface area contributed by atoms with Crippen molar-refractivity contribution >= 4 is 21.7 Å². The second-order valence-corrected chi connectivity index (χ2v) is 4.50. The molecule has 86 valence electrons. The lowest BCUT2D eigenvalue weighted by atomic mass is 10.0. The molecule has 1 aromatic heterocycles. The largest absolute Gasteiger partial charge is 0.288 e. The number of aryl methyl sites for hydroxylation is 1. The van der Waals surface area contributed by atoms with E-state index in [-0.39, 0.29) is 5.78 Å². The number of rotatable bonds is 2. The summed E-state index contributed by atoms with van der Waals surface area (Å²) in [6.45, 7) is 1.82. The van der Waals surface area contributed by atoms with Gasteiger partial charge in [0.2, 0.25) is 0 Å². The van der Waals surface area contributed by atoms with E-state index < -0.39 is 5.82 Å². The fourth-order valence-corrected chi connectivity index (χ4v) is 1.94. The van der Waals surface area contributed by atoms with Crippen molar-refractivity contribution in [3.63, 3.8) is 0 Å². The predicted molar refractivity (Wildman–Crippen MR) is 66.5 cm³/mol. The van der Waals surface area contributed by atoms with Gasteiger partial charge in [0.15, 0.2) is 5.78 Å². The van der Waals surface area contributed by atoms with Crippen molar-refractivity contribution < 1.29 is 9.18 Å². The Morgan fingerprint density at radius 3 is 2.76 bits per heavy atom. The van der Waals surface area contributed by atoms with E-state index in [2.05, 4.69) is 20.9 Å². The summed E-state index contributed by atoms with van der Waals surface area (Å²) in [5.74, 6) is -0.667. The van der Waals surface area contributed by atoms with Gasteiger partial charge < -0.3 is 0 Å². The van der Waals surface area contributed by atoms with Crippen molar-refractivity contribution in [1.82, 2.24) is 4.98 Å². The van der Waals surface area contributed by atoms with Crippen molar-refractivity contribution in [2.24, 2.45) is 0 Å². The molecule has 0 saturated heterocycles. The van der Waals surface area contributed by atoms with E-state index in [1.807, 2.05) is 6.92 Å². The van der Waals surface area contributed by atoms with Gasteiger partial charge in [0.1, 0.15) is 5.82 Å². The molecule has 0 atom stereocenters. The molecule has 0 spiro atoms. The molecule has 2 rings (SSSR count). The summed E-state index contributed by atoms with van der Waals surface area (Å²) in [4.78, 5) is 16.1. The third kappa shape index (κ3) is 2.42. The van der Waals surface area contributed by atoms with Gasteiger partial charge >= 0.3 is 0 Å². The maximum Gasteiger partial charge on any atom is 0.196 e. The van der Waals surface area contributed by atoms with Crippen LogP contribution in [0.2, 0.25) is 0 Å². The van der Waals surface area contributed by atoms with Crippen LogP contribution in [0, 0.1) is 12.7 Å². The van der Waals surface area contributed by atoms with E-state index in [1.54, 1.807) is 12.3 Å². The molecule has 17 heavy (non-hydrogen) atoms. The van der Waals surface area contributed by atoms with Crippen LogP contribution in [0.3, 0.4) is 0 Å². The molecular formula is C13H9BrFNO. The molecule has 0 radical (unpaired) electrons. The molecule has 0 aliphatic heterocycles. The lowest BCUT2D eigenvalue weighted by Gasteiger charge is -2.06. The number of nitrogens with zero attached hydrogens (tertiary/aromatic N) is 1. The molecule has 0 bridgehead atoms. The second-order valence-electron chi connectivity index (χ2n) is 3.64. The summed E-state index contributed by atoms with van der Waals surface area (Å²) in [6, 6.07) is 5.80. The van der Waals surface area contributed by atoms with Gasteiger partial charge in [0.25, 0.3) is 0 Å². The van der Waals surface area contributed by atoms with Gasteiger partial charge in [-0.15, -0.1) is 0 Å². The highest BCUT2D eigenvalue weighted by atomic mass is 79.9. The standard InChI is InChI=1S/C13H9BrFNO/c1-8-4-5-16-7-11(8)13(17)10-6-9(15)2-3-12(10)14/h2-7H,1H3. The molecule has 0 N–H and O–H groups in total. The first-order valence-corrected chi connectivity index (χ1v) is 5.79. The van der Waals surface area contributed by atoms with Crippen LogP contribution in [0.25, 0.3) is 0 Å². The summed E-state index contributed by atoms with van der Waals surface area (Å²) in [5, 5.41) is 0. The van der Waals surface area contributed by atoms with Gasteiger partial charge in [-0.1, -0.05) is 15.9 Å². The maximum absolute atomic E-state index is 13.1. The maximum atomic E-state index is 13.1. The van der Waals surface area contributed by atoms with Crippen molar-refractivity contribution in [1.29, 1.82) is 0 Å². The zero-order chi connectivity index (χ0) is 12.4. The Morgan fingerprint density at radius 2 is 2.06 bits per heavy atom. The Morgan fingerprint density at radius 1 is 1.29 bits per heavy atom. The number of hydrogen-bond acceptors (Lipinski definition) is 2. The molecule has 4 heteroatoms. The smallest absolute Gasteiger partial charge is 0.196 e. The number of halogens is 2. The molecule has 0 aliphatic rings. The first-order chi connectivity index (χ1) is 8.09. The number of carbonyl (C=O) groups excluding carboxylic acids is 1. The average Bonchev–Trinajstić information content (AvgIpc) is 2.32. The lowest BCUT2D eigenvalue weighted by Crippen LogP contribution is -2.05. The summed E-state index contributed by atoms with van der Waals surface area (Å²) >= 11 is 3.24. The molecule has 1 heterocycles. The van der Waals surface area contributed by atoms with Crippen LogP contribution < -0.4 is 0 Å². The zero-order valence-electron chi connectivity index (χ0n) is 9.08. The minimum atomic E-state index is -0.432. The third-order valence-electron chi connectivity index (χ3n) is 2.46. The van der Waals surface area contributed by atoms with Gasteiger partial charge in [-0.25, -0.2) is 4.39 Å². The summed E-state index contributed by atoms with van der Waals surface area (Å²) in [7, 11) is 0. The normalized spacial score (nSPS) is 10.3. The van der Waals surface area contributed by atoms with E-state index in [1.165, 1.54) is 24.4 Å². The van der Waals surface area contributed by atoms with Gasteiger partial charge in [0.05, 0.1) is 0 Å². The topological polar surface area (TPSA) is 30.0 Å². The predicted octanol–water partition coefficient (Wildman–Crippen LogP) is 3.52. The van der Waals surface area contributed by atoms with Crippen LogP contribution in [0.4, 0.5) is 4.39 Å². The highest BCUT2D eigenvalue weighted by molar-refractivity contribution is 9.10. The molecule has 0 fully saturated rings. The van der Waals surface area contributed by atoms with Crippen LogP contribution in [0.5, 0.6) is 0 Å². The van der Waals surface area contributed by atoms with Gasteiger partial charge in [0, 0.05) is 28.0 Å². The Bertz CT molecular complexity index is 583. The van der Waals surface area contributed by atoms with Crippen molar-refractivity contribution in [2.45, 2.75) is 6.92 Å². The van der Waals surface area contributed by atoms with Crippen LogP contribution in [-0.4, -0.2) is 10.8 Å². The first-order valence-electron chi connectivity index (χ1n) is 5.00. The van der Waals surface area contributed by atoms with E-state index in [9.17, 15) is 9.18 Å². The van der Waals surface area contributed by atoms with Gasteiger partial charge in [-0.05, 0) is 36.8 Å². The molecule has 2 aromatic rings. The number of hydrogen-bond donors (Lipinski definition) is 0. The fourth-order valence-electron chi connectivity index (χ4n) is 1.52. The Kier molecular flexibility index (Phi) is 3.33. The quantitative estimate of drug-likeness (QED) is 0.793. The number of pyridine rings is 1. The van der Waals surface area contributed by atoms with Crippen molar-refractivity contribution in [3.05, 3.63) is 63.6 Å². The van der Waals surface area contributed by atoms with Crippen LogP contribution in [0.15, 0.2) is 41.1 Å². The highest BCUT2D eigenvalue weighted by Gasteiger charge is 2.15. The Balaban J connectivity index is 2.51. The third-order valence-corrected chi connectivity index (χ3v) is 3.15. The molecule has 2 nitrogen and oxygen atoms in total. The molecular weight excluding hydrogens is 285 g/mol. The molecule has 0 amide bonds. The number of benzene rings is 1. The Hall–Kier alpha value is -1.55. The monoisotopic (exact) mass is 293 g/mol. The molecule has 0 saturated carbocycles. The van der Waals surface area contributed by atoms with Gasteiger partial charge in [-0.3, -0.25) is 9.78 Å². The Labute approximate surface area is 107 Å². The molecule has 0 unspecified atom stereocenters. The van der Waals surface area contributed by atoms with E-state index in [0.29, 0.717) is 15.6 Å². The number of ketones is 1. The number of carbonyl (C=O) groups is 1. The van der Waals surface area contributed by atoms with Crippen LogP contribution >= 0.6 is 15.9 Å². The fraction of sp³-hybridized carbons (Fsp3) is 0.0769. The second kappa shape index (κ2) is 4.75. The zero-order valence-corrected chi connectivity index (χ0v) is 10.7. The summed E-state index contributed by atoms with van der Waals surface area (Å²) in [6.07, 6.45) is 3.11. The lowest BCUT2D eigenvalue weighted by molar-refractivity contribution is 0.103. The summed E-state index contributed by atoms with van der Waals surface area (Å²) in [5.41, 5.74) is 1.61. The molecule has 1 aromatic carbocycles. The average molecular weight is 294 g/mol. The minimum Gasteiger partial charge on any atom is -0.288 e. The SMILES string of the molecule is Cc1ccncc1C(=O)c1cc(F)ccc1Br. The highest BCUT2D eigenvalue weighted by Crippen LogP contribution is 2.22. The minimum absolute atomic E-state index is 0.234.